The lowest BCUT2D eigenvalue weighted by molar-refractivity contribution is -0.281. The summed E-state index contributed by atoms with van der Waals surface area (Å²) in [6, 6.07) is 0. The molecular weight excluding hydrogens is 140 g/mol. The van der Waals surface area contributed by atoms with Crippen molar-refractivity contribution < 1.29 is 9.78 Å². The molecule has 1 saturated carbocycles. The Hall–Kier alpha value is -0.0800. The van der Waals surface area contributed by atoms with Crippen molar-refractivity contribution >= 4 is 0 Å². The highest BCUT2D eigenvalue weighted by molar-refractivity contribution is 4.68. The van der Waals surface area contributed by atoms with Crippen molar-refractivity contribution in [1.82, 2.24) is 0 Å². The SMILES string of the molecule is COOC[C@H]1CC[C@H](C)CC1. The molecule has 0 radical (unpaired) electrons. The van der Waals surface area contributed by atoms with Crippen molar-refractivity contribution in [3.8, 4) is 0 Å². The third-order valence-corrected chi connectivity index (χ3v) is 2.56. The highest BCUT2D eigenvalue weighted by Crippen LogP contribution is 2.28. The molecule has 1 aliphatic carbocycles. The van der Waals surface area contributed by atoms with Crippen LogP contribution < -0.4 is 0 Å². The maximum absolute atomic E-state index is 4.91. The van der Waals surface area contributed by atoms with Crippen LogP contribution in [0.5, 0.6) is 0 Å². The summed E-state index contributed by atoms with van der Waals surface area (Å²) in [6.45, 7) is 3.11. The molecule has 0 unspecified atom stereocenters. The van der Waals surface area contributed by atoms with Gasteiger partial charge in [-0.15, -0.1) is 0 Å². The molecule has 11 heavy (non-hydrogen) atoms. The van der Waals surface area contributed by atoms with Crippen molar-refractivity contribution in [2.45, 2.75) is 32.6 Å². The van der Waals surface area contributed by atoms with Crippen LogP contribution in [0.15, 0.2) is 0 Å². The summed E-state index contributed by atoms with van der Waals surface area (Å²) in [7, 11) is 1.57. The van der Waals surface area contributed by atoms with Crippen LogP contribution in [0.3, 0.4) is 0 Å². The Morgan fingerprint density at radius 2 is 1.82 bits per heavy atom. The lowest BCUT2D eigenvalue weighted by Gasteiger charge is -2.24. The Kier molecular flexibility index (Phi) is 3.87. The van der Waals surface area contributed by atoms with E-state index < -0.39 is 0 Å². The summed E-state index contributed by atoms with van der Waals surface area (Å²) in [5.74, 6) is 1.67. The highest BCUT2D eigenvalue weighted by atomic mass is 17.2. The standard InChI is InChI=1S/C9H18O2/c1-8-3-5-9(6-4-8)7-11-10-2/h8-9H,3-7H2,1-2H3/t8-,9-. The summed E-state index contributed by atoms with van der Waals surface area (Å²) in [6.07, 6.45) is 5.34. The van der Waals surface area contributed by atoms with Crippen molar-refractivity contribution in [3.63, 3.8) is 0 Å². The zero-order valence-electron chi connectivity index (χ0n) is 7.51. The van der Waals surface area contributed by atoms with Crippen LogP contribution in [0.4, 0.5) is 0 Å². The van der Waals surface area contributed by atoms with Crippen LogP contribution in [0.1, 0.15) is 32.6 Å². The Morgan fingerprint density at radius 1 is 1.18 bits per heavy atom. The van der Waals surface area contributed by atoms with Gasteiger partial charge in [-0.2, -0.15) is 0 Å². The van der Waals surface area contributed by atoms with Crippen LogP contribution in [0.2, 0.25) is 0 Å². The van der Waals surface area contributed by atoms with Gasteiger partial charge in [0.05, 0.1) is 13.7 Å². The van der Waals surface area contributed by atoms with E-state index in [2.05, 4.69) is 11.8 Å². The molecule has 2 nitrogen and oxygen atoms in total. The first-order valence-corrected chi connectivity index (χ1v) is 4.48. The number of hydrogen-bond donors (Lipinski definition) is 0. The van der Waals surface area contributed by atoms with Gasteiger partial charge in [-0.1, -0.05) is 19.8 Å². The minimum absolute atomic E-state index is 0.742. The second-order valence-electron chi connectivity index (χ2n) is 3.58. The second-order valence-corrected chi connectivity index (χ2v) is 3.58. The molecule has 1 rings (SSSR count). The maximum Gasteiger partial charge on any atom is 0.0850 e. The Morgan fingerprint density at radius 3 is 2.36 bits per heavy atom. The minimum atomic E-state index is 0.742. The Bertz CT molecular complexity index is 93.0. The lowest BCUT2D eigenvalue weighted by atomic mass is 9.83. The van der Waals surface area contributed by atoms with Crippen molar-refractivity contribution in [1.29, 1.82) is 0 Å². The lowest BCUT2D eigenvalue weighted by Crippen LogP contribution is -2.16. The minimum Gasteiger partial charge on any atom is -0.240 e. The van der Waals surface area contributed by atoms with Gasteiger partial charge in [-0.05, 0) is 24.7 Å². The molecular formula is C9H18O2. The molecule has 0 spiro atoms. The van der Waals surface area contributed by atoms with E-state index in [1.54, 1.807) is 7.11 Å². The molecule has 0 aromatic carbocycles. The van der Waals surface area contributed by atoms with Crippen molar-refractivity contribution in [2.75, 3.05) is 13.7 Å². The van der Waals surface area contributed by atoms with Gasteiger partial charge in [-0.25, -0.2) is 9.78 Å². The predicted octanol–water partition coefficient (Wildman–Crippen LogP) is 2.39. The molecule has 0 atom stereocenters. The number of rotatable bonds is 3. The molecule has 0 amide bonds. The first kappa shape index (κ1) is 9.01. The third-order valence-electron chi connectivity index (χ3n) is 2.56. The van der Waals surface area contributed by atoms with Crippen molar-refractivity contribution in [3.05, 3.63) is 0 Å². The molecule has 0 aromatic heterocycles. The van der Waals surface area contributed by atoms with Crippen molar-refractivity contribution in [2.24, 2.45) is 11.8 Å². The maximum atomic E-state index is 4.91. The van der Waals surface area contributed by atoms with Crippen LogP contribution >= 0.6 is 0 Å². The first-order chi connectivity index (χ1) is 5.33. The Balaban J connectivity index is 2.07. The zero-order valence-corrected chi connectivity index (χ0v) is 7.51. The fourth-order valence-electron chi connectivity index (χ4n) is 1.66. The molecule has 2 heteroatoms. The molecule has 0 heterocycles. The van der Waals surface area contributed by atoms with Gasteiger partial charge in [0.2, 0.25) is 0 Å². The first-order valence-electron chi connectivity index (χ1n) is 4.48. The fourth-order valence-corrected chi connectivity index (χ4v) is 1.66. The van der Waals surface area contributed by atoms with E-state index in [1.165, 1.54) is 25.7 Å². The summed E-state index contributed by atoms with van der Waals surface area (Å²) in [4.78, 5) is 9.48. The van der Waals surface area contributed by atoms with E-state index in [0.29, 0.717) is 0 Å². The molecule has 66 valence electrons. The van der Waals surface area contributed by atoms with Gasteiger partial charge in [0.25, 0.3) is 0 Å². The van der Waals surface area contributed by atoms with Gasteiger partial charge in [0.15, 0.2) is 0 Å². The molecule has 0 aliphatic heterocycles. The summed E-state index contributed by atoms with van der Waals surface area (Å²) in [5, 5.41) is 0. The second kappa shape index (κ2) is 4.73. The monoisotopic (exact) mass is 158 g/mol. The average Bonchev–Trinajstić information content (AvgIpc) is 2.04. The summed E-state index contributed by atoms with van der Waals surface area (Å²) in [5.41, 5.74) is 0. The molecule has 1 fully saturated rings. The van der Waals surface area contributed by atoms with Gasteiger partial charge in [0.1, 0.15) is 0 Å². The quantitative estimate of drug-likeness (QED) is 0.464. The van der Waals surface area contributed by atoms with Crippen LogP contribution in [-0.4, -0.2) is 13.7 Å². The fraction of sp³-hybridized carbons (Fsp3) is 1.00. The molecule has 0 bridgehead atoms. The van der Waals surface area contributed by atoms with E-state index in [1.807, 2.05) is 0 Å². The molecule has 0 saturated heterocycles. The summed E-state index contributed by atoms with van der Waals surface area (Å²) >= 11 is 0. The predicted molar refractivity (Wildman–Crippen MR) is 44.1 cm³/mol. The smallest absolute Gasteiger partial charge is 0.0850 e. The summed E-state index contributed by atoms with van der Waals surface area (Å²) < 4.78 is 0. The van der Waals surface area contributed by atoms with Crippen LogP contribution in [0.25, 0.3) is 0 Å². The van der Waals surface area contributed by atoms with E-state index >= 15 is 0 Å². The molecule has 0 aromatic rings. The van der Waals surface area contributed by atoms with Crippen LogP contribution in [-0.2, 0) is 9.78 Å². The highest BCUT2D eigenvalue weighted by Gasteiger charge is 2.18. The number of hydrogen-bond acceptors (Lipinski definition) is 2. The zero-order chi connectivity index (χ0) is 8.10. The van der Waals surface area contributed by atoms with E-state index in [-0.39, 0.29) is 0 Å². The van der Waals surface area contributed by atoms with Gasteiger partial charge >= 0.3 is 0 Å². The average molecular weight is 158 g/mol. The van der Waals surface area contributed by atoms with Crippen LogP contribution in [0, 0.1) is 11.8 Å². The molecule has 0 N–H and O–H groups in total. The third kappa shape index (κ3) is 3.21. The largest absolute Gasteiger partial charge is 0.240 e. The van der Waals surface area contributed by atoms with Gasteiger partial charge < -0.3 is 0 Å². The van der Waals surface area contributed by atoms with E-state index in [0.717, 1.165) is 18.4 Å². The Labute approximate surface area is 68.8 Å². The normalized spacial score (nSPS) is 32.2. The van der Waals surface area contributed by atoms with E-state index in [9.17, 15) is 0 Å². The molecule has 1 aliphatic rings. The van der Waals surface area contributed by atoms with Gasteiger partial charge in [0, 0.05) is 0 Å². The van der Waals surface area contributed by atoms with E-state index in [4.69, 9.17) is 4.89 Å². The topological polar surface area (TPSA) is 18.5 Å². The van der Waals surface area contributed by atoms with Gasteiger partial charge in [-0.3, -0.25) is 0 Å².